The van der Waals surface area contributed by atoms with Crippen LogP contribution in [0.1, 0.15) is 17.0 Å². The predicted octanol–water partition coefficient (Wildman–Crippen LogP) is 3.05. The molecular formula is C14H11NO. The van der Waals surface area contributed by atoms with E-state index < -0.39 is 0 Å². The summed E-state index contributed by atoms with van der Waals surface area (Å²) >= 11 is 0. The van der Waals surface area contributed by atoms with Gasteiger partial charge in [-0.25, -0.2) is 0 Å². The zero-order chi connectivity index (χ0) is 11.4. The van der Waals surface area contributed by atoms with E-state index >= 15 is 0 Å². The van der Waals surface area contributed by atoms with Crippen LogP contribution >= 0.6 is 0 Å². The van der Waals surface area contributed by atoms with Crippen LogP contribution in [0.4, 0.5) is 0 Å². The molecule has 2 aromatic rings. The molecule has 1 atom stereocenters. The lowest BCUT2D eigenvalue weighted by atomic mass is 9.93. The van der Waals surface area contributed by atoms with E-state index in [1.165, 1.54) is 0 Å². The summed E-state index contributed by atoms with van der Waals surface area (Å²) in [5.41, 5.74) is 1.86. The third kappa shape index (κ3) is 2.04. The van der Waals surface area contributed by atoms with Crippen molar-refractivity contribution in [3.63, 3.8) is 0 Å². The fraction of sp³-hybridized carbons (Fsp3) is 0.0714. The minimum atomic E-state index is -0.276. The van der Waals surface area contributed by atoms with E-state index in [2.05, 4.69) is 6.07 Å². The number of phenolic OH excluding ortho intramolecular Hbond substituents is 1. The number of benzene rings is 2. The summed E-state index contributed by atoms with van der Waals surface area (Å²) < 4.78 is 0. The Bertz CT molecular complexity index is 497. The molecule has 0 aliphatic carbocycles. The molecule has 0 aliphatic rings. The molecule has 0 amide bonds. The van der Waals surface area contributed by atoms with Crippen LogP contribution in [0, 0.1) is 11.3 Å². The number of hydrogen-bond donors (Lipinski definition) is 1. The van der Waals surface area contributed by atoms with Gasteiger partial charge >= 0.3 is 0 Å². The monoisotopic (exact) mass is 209 g/mol. The van der Waals surface area contributed by atoms with Crippen molar-refractivity contribution >= 4 is 0 Å². The molecule has 0 heterocycles. The minimum absolute atomic E-state index is 0.216. The number of nitrogens with zero attached hydrogens (tertiary/aromatic N) is 1. The van der Waals surface area contributed by atoms with Crippen LogP contribution in [0.2, 0.25) is 0 Å². The van der Waals surface area contributed by atoms with Crippen LogP contribution in [-0.4, -0.2) is 5.11 Å². The highest BCUT2D eigenvalue weighted by Crippen LogP contribution is 2.24. The van der Waals surface area contributed by atoms with Gasteiger partial charge in [-0.05, 0) is 23.3 Å². The van der Waals surface area contributed by atoms with Crippen molar-refractivity contribution in [2.75, 3.05) is 0 Å². The molecular weight excluding hydrogens is 198 g/mol. The van der Waals surface area contributed by atoms with Gasteiger partial charge in [-0.2, -0.15) is 5.26 Å². The first-order valence-electron chi connectivity index (χ1n) is 5.05. The van der Waals surface area contributed by atoms with E-state index in [1.54, 1.807) is 24.3 Å². The zero-order valence-corrected chi connectivity index (χ0v) is 8.67. The molecule has 78 valence electrons. The highest BCUT2D eigenvalue weighted by molar-refractivity contribution is 5.39. The highest BCUT2D eigenvalue weighted by Gasteiger charge is 2.12. The zero-order valence-electron chi connectivity index (χ0n) is 8.67. The van der Waals surface area contributed by atoms with Gasteiger partial charge in [0.1, 0.15) is 5.75 Å². The summed E-state index contributed by atoms with van der Waals surface area (Å²) in [6.45, 7) is 0. The van der Waals surface area contributed by atoms with Gasteiger partial charge in [-0.3, -0.25) is 0 Å². The second-order valence-corrected chi connectivity index (χ2v) is 3.56. The summed E-state index contributed by atoms with van der Waals surface area (Å²) in [7, 11) is 0. The second-order valence-electron chi connectivity index (χ2n) is 3.56. The molecule has 16 heavy (non-hydrogen) atoms. The van der Waals surface area contributed by atoms with Gasteiger partial charge in [-0.1, -0.05) is 42.5 Å². The van der Waals surface area contributed by atoms with Crippen LogP contribution in [0.3, 0.4) is 0 Å². The second kappa shape index (κ2) is 4.50. The molecule has 2 heteroatoms. The average Bonchev–Trinajstić information content (AvgIpc) is 2.34. The Hall–Kier alpha value is -2.27. The number of phenols is 1. The SMILES string of the molecule is N#CC(c1ccccc1)c1ccc(O)cc1. The Labute approximate surface area is 94.4 Å². The average molecular weight is 209 g/mol. The standard InChI is InChI=1S/C14H11NO/c15-10-14(11-4-2-1-3-5-11)12-6-8-13(16)9-7-12/h1-9,14,16H. The Morgan fingerprint density at radius 2 is 1.44 bits per heavy atom. The van der Waals surface area contributed by atoms with Crippen molar-refractivity contribution in [1.82, 2.24) is 0 Å². The van der Waals surface area contributed by atoms with Crippen molar-refractivity contribution in [2.24, 2.45) is 0 Å². The first-order chi connectivity index (χ1) is 7.81. The van der Waals surface area contributed by atoms with E-state index in [-0.39, 0.29) is 11.7 Å². The molecule has 0 bridgehead atoms. The summed E-state index contributed by atoms with van der Waals surface area (Å²) in [5.74, 6) is -0.0599. The van der Waals surface area contributed by atoms with Crippen LogP contribution in [0.5, 0.6) is 5.75 Å². The molecule has 0 fully saturated rings. The van der Waals surface area contributed by atoms with Gasteiger partial charge < -0.3 is 5.11 Å². The molecule has 2 aromatic carbocycles. The Morgan fingerprint density at radius 1 is 0.875 bits per heavy atom. The van der Waals surface area contributed by atoms with E-state index in [0.29, 0.717) is 0 Å². The molecule has 0 radical (unpaired) electrons. The van der Waals surface area contributed by atoms with Gasteiger partial charge in [0.25, 0.3) is 0 Å². The maximum atomic E-state index is 9.20. The van der Waals surface area contributed by atoms with Crippen LogP contribution < -0.4 is 0 Å². The van der Waals surface area contributed by atoms with E-state index in [1.807, 2.05) is 30.3 Å². The summed E-state index contributed by atoms with van der Waals surface area (Å²) in [6, 6.07) is 18.6. The third-order valence-electron chi connectivity index (χ3n) is 2.49. The van der Waals surface area contributed by atoms with Crippen LogP contribution in [0.15, 0.2) is 54.6 Å². The number of hydrogen-bond acceptors (Lipinski definition) is 2. The molecule has 0 saturated heterocycles. The van der Waals surface area contributed by atoms with E-state index in [0.717, 1.165) is 11.1 Å². The normalized spacial score (nSPS) is 11.7. The van der Waals surface area contributed by atoms with Gasteiger partial charge in [0.15, 0.2) is 0 Å². The maximum Gasteiger partial charge on any atom is 0.115 e. The third-order valence-corrected chi connectivity index (χ3v) is 2.49. The molecule has 0 saturated carbocycles. The van der Waals surface area contributed by atoms with Crippen molar-refractivity contribution in [3.8, 4) is 11.8 Å². The molecule has 1 unspecified atom stereocenters. The quantitative estimate of drug-likeness (QED) is 0.826. The summed E-state index contributed by atoms with van der Waals surface area (Å²) in [5, 5.41) is 18.4. The Balaban J connectivity index is 2.38. The Kier molecular flexibility index (Phi) is 2.88. The lowest BCUT2D eigenvalue weighted by Gasteiger charge is -2.09. The summed E-state index contributed by atoms with van der Waals surface area (Å²) in [4.78, 5) is 0. The van der Waals surface area contributed by atoms with Crippen molar-refractivity contribution in [2.45, 2.75) is 5.92 Å². The first kappa shape index (κ1) is 10.3. The Morgan fingerprint density at radius 3 is 2.00 bits per heavy atom. The van der Waals surface area contributed by atoms with Gasteiger partial charge in [0, 0.05) is 0 Å². The number of aromatic hydroxyl groups is 1. The minimum Gasteiger partial charge on any atom is -0.508 e. The largest absolute Gasteiger partial charge is 0.508 e. The molecule has 1 N–H and O–H groups in total. The lowest BCUT2D eigenvalue weighted by molar-refractivity contribution is 0.475. The maximum absolute atomic E-state index is 9.20. The topological polar surface area (TPSA) is 44.0 Å². The smallest absolute Gasteiger partial charge is 0.115 e. The van der Waals surface area contributed by atoms with E-state index in [9.17, 15) is 10.4 Å². The number of rotatable bonds is 2. The number of nitriles is 1. The molecule has 0 spiro atoms. The van der Waals surface area contributed by atoms with Gasteiger partial charge in [0.2, 0.25) is 0 Å². The fourth-order valence-electron chi connectivity index (χ4n) is 1.65. The van der Waals surface area contributed by atoms with E-state index in [4.69, 9.17) is 0 Å². The molecule has 2 nitrogen and oxygen atoms in total. The molecule has 2 rings (SSSR count). The van der Waals surface area contributed by atoms with Crippen LogP contribution in [0.25, 0.3) is 0 Å². The van der Waals surface area contributed by atoms with Crippen molar-refractivity contribution in [3.05, 3.63) is 65.7 Å². The fourth-order valence-corrected chi connectivity index (χ4v) is 1.65. The predicted molar refractivity (Wildman–Crippen MR) is 62.0 cm³/mol. The van der Waals surface area contributed by atoms with Crippen LogP contribution in [-0.2, 0) is 0 Å². The lowest BCUT2D eigenvalue weighted by Crippen LogP contribution is -1.97. The van der Waals surface area contributed by atoms with Crippen molar-refractivity contribution in [1.29, 1.82) is 5.26 Å². The van der Waals surface area contributed by atoms with Gasteiger partial charge in [0.05, 0.1) is 12.0 Å². The highest BCUT2D eigenvalue weighted by atomic mass is 16.3. The summed E-state index contributed by atoms with van der Waals surface area (Å²) in [6.07, 6.45) is 0. The molecule has 0 aromatic heterocycles. The van der Waals surface area contributed by atoms with Crippen molar-refractivity contribution < 1.29 is 5.11 Å². The first-order valence-corrected chi connectivity index (χ1v) is 5.05. The molecule has 0 aliphatic heterocycles. The van der Waals surface area contributed by atoms with Gasteiger partial charge in [-0.15, -0.1) is 0 Å².